The standard InChI is InChI=1S/C24H27ClN4OS/c1-15-16(2)31-23-20(15)21(26-14-27-23)29-12-8-17(9-13-29)22(30)28-24(10-3-11-24)18-4-6-19(25)7-5-18/h4-7,14,17H,3,8-13H2,1-2H3,(H,28,30). The Kier molecular flexibility index (Phi) is 5.39. The van der Waals surface area contributed by atoms with Gasteiger partial charge in [0.2, 0.25) is 5.91 Å². The lowest BCUT2D eigenvalue weighted by molar-refractivity contribution is -0.129. The molecule has 0 bridgehead atoms. The molecule has 2 aliphatic rings. The molecule has 2 fully saturated rings. The third-order valence-corrected chi connectivity index (χ3v) is 8.44. The molecular formula is C24H27ClN4OS. The fourth-order valence-electron chi connectivity index (χ4n) is 4.88. The van der Waals surface area contributed by atoms with Gasteiger partial charge < -0.3 is 10.2 Å². The molecule has 1 saturated carbocycles. The molecule has 1 N–H and O–H groups in total. The van der Waals surface area contributed by atoms with Gasteiger partial charge in [0, 0.05) is 28.9 Å². The first-order chi connectivity index (χ1) is 15.0. The van der Waals surface area contributed by atoms with E-state index >= 15 is 0 Å². The number of aromatic nitrogens is 2. The van der Waals surface area contributed by atoms with Crippen molar-refractivity contribution < 1.29 is 4.79 Å². The molecule has 0 spiro atoms. The maximum atomic E-state index is 13.2. The number of carbonyl (C=O) groups excluding carboxylic acids is 1. The zero-order valence-electron chi connectivity index (χ0n) is 17.9. The molecule has 0 unspecified atom stereocenters. The first kappa shape index (κ1) is 20.7. The summed E-state index contributed by atoms with van der Waals surface area (Å²) in [7, 11) is 0. The predicted octanol–water partition coefficient (Wildman–Crippen LogP) is 5.37. The van der Waals surface area contributed by atoms with Crippen LogP contribution in [0.3, 0.4) is 0 Å². The van der Waals surface area contributed by atoms with Gasteiger partial charge in [-0.15, -0.1) is 11.3 Å². The Morgan fingerprint density at radius 1 is 1.16 bits per heavy atom. The molecule has 3 heterocycles. The van der Waals surface area contributed by atoms with Crippen molar-refractivity contribution in [1.82, 2.24) is 15.3 Å². The van der Waals surface area contributed by atoms with Crippen LogP contribution in [0.5, 0.6) is 0 Å². The van der Waals surface area contributed by atoms with Crippen molar-refractivity contribution in [2.45, 2.75) is 51.5 Å². The molecule has 1 aliphatic heterocycles. The lowest BCUT2D eigenvalue weighted by Gasteiger charge is -2.44. The number of piperidine rings is 1. The molecule has 7 heteroatoms. The molecule has 5 rings (SSSR count). The fourth-order valence-corrected chi connectivity index (χ4v) is 6.00. The van der Waals surface area contributed by atoms with E-state index in [0.717, 1.165) is 60.9 Å². The van der Waals surface area contributed by atoms with Gasteiger partial charge in [-0.05, 0) is 69.2 Å². The Morgan fingerprint density at radius 2 is 1.87 bits per heavy atom. The van der Waals surface area contributed by atoms with Crippen LogP contribution in [-0.4, -0.2) is 29.0 Å². The van der Waals surface area contributed by atoms with Crippen LogP contribution >= 0.6 is 22.9 Å². The second kappa shape index (κ2) is 8.06. The lowest BCUT2D eigenvalue weighted by atomic mass is 9.71. The lowest BCUT2D eigenvalue weighted by Crippen LogP contribution is -2.53. The molecule has 0 atom stereocenters. The van der Waals surface area contributed by atoms with E-state index in [4.69, 9.17) is 11.6 Å². The van der Waals surface area contributed by atoms with E-state index in [1.807, 2.05) is 12.1 Å². The fraction of sp³-hybridized carbons (Fsp3) is 0.458. The van der Waals surface area contributed by atoms with Crippen molar-refractivity contribution in [2.24, 2.45) is 5.92 Å². The minimum atomic E-state index is -0.219. The summed E-state index contributed by atoms with van der Waals surface area (Å²) in [6, 6.07) is 7.93. The summed E-state index contributed by atoms with van der Waals surface area (Å²) in [5, 5.41) is 5.31. The highest BCUT2D eigenvalue weighted by molar-refractivity contribution is 7.18. The third kappa shape index (κ3) is 3.70. The largest absolute Gasteiger partial charge is 0.356 e. The number of aryl methyl sites for hydroxylation is 2. The molecule has 1 saturated heterocycles. The third-order valence-electron chi connectivity index (χ3n) is 7.08. The zero-order chi connectivity index (χ0) is 21.6. The van der Waals surface area contributed by atoms with Crippen LogP contribution < -0.4 is 10.2 Å². The summed E-state index contributed by atoms with van der Waals surface area (Å²) >= 11 is 7.79. The minimum Gasteiger partial charge on any atom is -0.356 e. The summed E-state index contributed by atoms with van der Waals surface area (Å²) in [4.78, 5) is 26.9. The van der Waals surface area contributed by atoms with Crippen molar-refractivity contribution in [3.8, 4) is 0 Å². The van der Waals surface area contributed by atoms with Gasteiger partial charge in [0.1, 0.15) is 17.0 Å². The zero-order valence-corrected chi connectivity index (χ0v) is 19.5. The number of fused-ring (bicyclic) bond motifs is 1. The second-order valence-corrected chi connectivity index (χ2v) is 10.5. The molecule has 31 heavy (non-hydrogen) atoms. The normalized spacial score (nSPS) is 18.7. The number of nitrogens with one attached hydrogen (secondary N) is 1. The molecule has 3 aromatic rings. The highest BCUT2D eigenvalue weighted by atomic mass is 35.5. The van der Waals surface area contributed by atoms with E-state index < -0.39 is 0 Å². The van der Waals surface area contributed by atoms with E-state index in [0.29, 0.717) is 0 Å². The predicted molar refractivity (Wildman–Crippen MR) is 127 cm³/mol. The Labute approximate surface area is 191 Å². The molecule has 1 amide bonds. The quantitative estimate of drug-likeness (QED) is 0.575. The number of thiophene rings is 1. The summed E-state index contributed by atoms with van der Waals surface area (Å²) < 4.78 is 0. The topological polar surface area (TPSA) is 58.1 Å². The highest BCUT2D eigenvalue weighted by Gasteiger charge is 2.41. The number of rotatable bonds is 4. The average molecular weight is 455 g/mol. The molecule has 1 aliphatic carbocycles. The average Bonchev–Trinajstić information content (AvgIpc) is 3.05. The number of nitrogens with zero attached hydrogens (tertiary/aromatic N) is 3. The highest BCUT2D eigenvalue weighted by Crippen LogP contribution is 2.42. The number of benzene rings is 1. The van der Waals surface area contributed by atoms with Crippen LogP contribution in [0.1, 0.15) is 48.1 Å². The Morgan fingerprint density at radius 3 is 2.52 bits per heavy atom. The molecule has 162 valence electrons. The van der Waals surface area contributed by atoms with E-state index in [1.165, 1.54) is 21.4 Å². The van der Waals surface area contributed by atoms with Crippen molar-refractivity contribution in [3.63, 3.8) is 0 Å². The van der Waals surface area contributed by atoms with E-state index in [-0.39, 0.29) is 17.4 Å². The maximum Gasteiger partial charge on any atom is 0.223 e. The molecule has 1 aromatic carbocycles. The van der Waals surface area contributed by atoms with Crippen molar-refractivity contribution in [2.75, 3.05) is 18.0 Å². The van der Waals surface area contributed by atoms with Crippen LogP contribution in [0.2, 0.25) is 5.02 Å². The second-order valence-electron chi connectivity index (χ2n) is 8.85. The number of anilines is 1. The smallest absolute Gasteiger partial charge is 0.223 e. The maximum absolute atomic E-state index is 13.2. The van der Waals surface area contributed by atoms with Crippen molar-refractivity contribution >= 4 is 44.9 Å². The number of amides is 1. The van der Waals surface area contributed by atoms with Crippen molar-refractivity contribution in [3.05, 3.63) is 51.6 Å². The van der Waals surface area contributed by atoms with Gasteiger partial charge in [0.25, 0.3) is 0 Å². The van der Waals surface area contributed by atoms with Gasteiger partial charge in [-0.25, -0.2) is 9.97 Å². The summed E-state index contributed by atoms with van der Waals surface area (Å²) in [6.07, 6.45) is 6.49. The molecule has 0 radical (unpaired) electrons. The van der Waals surface area contributed by atoms with Gasteiger partial charge in [-0.2, -0.15) is 0 Å². The Balaban J connectivity index is 1.28. The van der Waals surface area contributed by atoms with Gasteiger partial charge in [-0.3, -0.25) is 4.79 Å². The molecular weight excluding hydrogens is 428 g/mol. The van der Waals surface area contributed by atoms with Gasteiger partial charge in [-0.1, -0.05) is 23.7 Å². The van der Waals surface area contributed by atoms with E-state index in [9.17, 15) is 4.79 Å². The first-order valence-corrected chi connectivity index (χ1v) is 12.2. The molecule has 2 aromatic heterocycles. The summed E-state index contributed by atoms with van der Waals surface area (Å²) in [5.74, 6) is 1.25. The van der Waals surface area contributed by atoms with E-state index in [1.54, 1.807) is 17.7 Å². The number of hydrogen-bond acceptors (Lipinski definition) is 5. The number of halogens is 1. The van der Waals surface area contributed by atoms with Crippen LogP contribution in [0.4, 0.5) is 5.82 Å². The molecule has 5 nitrogen and oxygen atoms in total. The Bertz CT molecular complexity index is 1110. The minimum absolute atomic E-state index is 0.0451. The Hall–Kier alpha value is -2.18. The monoisotopic (exact) mass is 454 g/mol. The number of carbonyl (C=O) groups is 1. The van der Waals surface area contributed by atoms with Crippen LogP contribution in [0.25, 0.3) is 10.2 Å². The van der Waals surface area contributed by atoms with Gasteiger partial charge >= 0.3 is 0 Å². The summed E-state index contributed by atoms with van der Waals surface area (Å²) in [5.41, 5.74) is 2.22. The van der Waals surface area contributed by atoms with Crippen LogP contribution in [-0.2, 0) is 10.3 Å². The first-order valence-electron chi connectivity index (χ1n) is 11.0. The number of hydrogen-bond donors (Lipinski definition) is 1. The van der Waals surface area contributed by atoms with Gasteiger partial charge in [0.05, 0.1) is 10.9 Å². The van der Waals surface area contributed by atoms with E-state index in [2.05, 4.69) is 46.2 Å². The van der Waals surface area contributed by atoms with Crippen LogP contribution in [0.15, 0.2) is 30.6 Å². The van der Waals surface area contributed by atoms with Gasteiger partial charge in [0.15, 0.2) is 0 Å². The summed E-state index contributed by atoms with van der Waals surface area (Å²) in [6.45, 7) is 5.97. The van der Waals surface area contributed by atoms with Crippen LogP contribution in [0, 0.1) is 19.8 Å². The van der Waals surface area contributed by atoms with Crippen molar-refractivity contribution in [1.29, 1.82) is 0 Å². The SMILES string of the molecule is Cc1sc2ncnc(N3CCC(C(=O)NC4(c5ccc(Cl)cc5)CCC4)CC3)c2c1C.